The molecular formula is C53H74N8O8. The summed E-state index contributed by atoms with van der Waals surface area (Å²) in [6.07, 6.45) is 13.1. The zero-order chi connectivity index (χ0) is 50.5. The normalized spacial score (nSPS) is 12.4. The largest absolute Gasteiger partial charge is 0.494 e. The second-order valence-corrected chi connectivity index (χ2v) is 17.6. The lowest BCUT2D eigenvalue weighted by atomic mass is 9.72. The first kappa shape index (κ1) is 56.7. The summed E-state index contributed by atoms with van der Waals surface area (Å²) in [6, 6.07) is 27.8. The summed E-state index contributed by atoms with van der Waals surface area (Å²) in [5, 5.41) is 35.0. The molecule has 0 saturated carbocycles. The summed E-state index contributed by atoms with van der Waals surface area (Å²) < 4.78 is 22.8. The van der Waals surface area contributed by atoms with E-state index in [1.807, 2.05) is 101 Å². The first-order valence-electron chi connectivity index (χ1n) is 24.1. The maximum absolute atomic E-state index is 13.4. The maximum Gasteiger partial charge on any atom is 0.311 e. The number of unbranched alkanes of at least 4 members (excludes halogenated alkanes) is 9. The minimum Gasteiger partial charge on any atom is -0.494 e. The van der Waals surface area contributed by atoms with Gasteiger partial charge >= 0.3 is 11.9 Å². The van der Waals surface area contributed by atoms with Gasteiger partial charge in [0.2, 0.25) is 0 Å². The van der Waals surface area contributed by atoms with Gasteiger partial charge in [-0.15, -0.1) is 10.2 Å². The van der Waals surface area contributed by atoms with Crippen LogP contribution in [0.3, 0.4) is 0 Å². The number of azo groups is 3. The number of likely N-dealkylation sites (N-methyl/N-ethyl adjacent to an activating group) is 1. The van der Waals surface area contributed by atoms with E-state index in [4.69, 9.17) is 29.1 Å². The number of benzene rings is 4. The molecule has 0 aliphatic rings. The van der Waals surface area contributed by atoms with Crippen molar-refractivity contribution in [3.63, 3.8) is 0 Å². The van der Waals surface area contributed by atoms with Crippen molar-refractivity contribution in [1.82, 2.24) is 0 Å². The van der Waals surface area contributed by atoms with Crippen LogP contribution < -0.4 is 14.4 Å². The molecule has 0 heterocycles. The molecule has 0 bridgehead atoms. The van der Waals surface area contributed by atoms with Crippen molar-refractivity contribution < 1.29 is 33.5 Å². The third-order valence-corrected chi connectivity index (χ3v) is 11.5. The third-order valence-electron chi connectivity index (χ3n) is 11.5. The average molecular weight is 951 g/mol. The van der Waals surface area contributed by atoms with Crippen LogP contribution in [0.25, 0.3) is 0 Å². The van der Waals surface area contributed by atoms with E-state index < -0.39 is 15.8 Å². The number of nitrogens with zero attached hydrogens (tertiary/aromatic N) is 8. The molecule has 16 heteroatoms. The van der Waals surface area contributed by atoms with Crippen LogP contribution in [0.2, 0.25) is 0 Å². The van der Waals surface area contributed by atoms with Gasteiger partial charge in [-0.1, -0.05) is 89.8 Å². The van der Waals surface area contributed by atoms with Crippen LogP contribution in [0.4, 0.5) is 39.8 Å². The molecule has 4 rings (SSSR count). The Morgan fingerprint density at radius 2 is 1.01 bits per heavy atom. The number of hydrogen-bond acceptors (Lipinski definition) is 15. The van der Waals surface area contributed by atoms with Crippen LogP contribution in [0.15, 0.2) is 122 Å². The van der Waals surface area contributed by atoms with Crippen molar-refractivity contribution >= 4 is 51.8 Å². The number of hydrogen-bond donors (Lipinski definition) is 0. The molecule has 0 amide bonds. The number of carbonyl (C=O) groups excluding carboxylic acids is 2. The highest BCUT2D eigenvalue weighted by Crippen LogP contribution is 2.42. The number of rotatable bonds is 29. The van der Waals surface area contributed by atoms with E-state index in [0.717, 1.165) is 31.3 Å². The van der Waals surface area contributed by atoms with Crippen molar-refractivity contribution in [1.29, 1.82) is 0 Å². The van der Waals surface area contributed by atoms with Gasteiger partial charge in [-0.3, -0.25) is 19.7 Å². The van der Waals surface area contributed by atoms with Gasteiger partial charge in [0.05, 0.1) is 61.0 Å². The fourth-order valence-corrected chi connectivity index (χ4v) is 7.40. The fourth-order valence-electron chi connectivity index (χ4n) is 7.40. The van der Waals surface area contributed by atoms with E-state index in [-0.39, 0.29) is 18.5 Å². The molecule has 0 radical (unpaired) electrons. The van der Waals surface area contributed by atoms with Gasteiger partial charge in [-0.25, -0.2) is 0 Å². The molecule has 16 nitrogen and oxygen atoms in total. The van der Waals surface area contributed by atoms with Gasteiger partial charge in [-0.2, -0.15) is 20.5 Å². The lowest BCUT2D eigenvalue weighted by molar-refractivity contribution is -0.445. The summed E-state index contributed by atoms with van der Waals surface area (Å²) in [5.74, 6) is 0.329. The van der Waals surface area contributed by atoms with Gasteiger partial charge < -0.3 is 23.8 Å². The van der Waals surface area contributed by atoms with E-state index in [9.17, 15) is 9.59 Å². The van der Waals surface area contributed by atoms with Crippen LogP contribution >= 0.6 is 0 Å². The lowest BCUT2D eigenvalue weighted by Gasteiger charge is -2.34. The van der Waals surface area contributed by atoms with Crippen molar-refractivity contribution in [3.05, 3.63) is 101 Å². The molecule has 4 aromatic rings. The topological polar surface area (TPSA) is 192 Å². The standard InChI is InChI=1S/C52H71N7O6.CH3NO2/c1-9-12-13-14-15-16-17-18-19-23-35-64-50(61)52(6,10-2)39-51(4,5)49(60)65-36-34-59(11-3)44-32-30-43(31-33-44)56-58-46-38-47(62-7)45(37-48(46)63-8)57-55-42-28-26-41(27-29-42)54-53-40-24-21-20-22-25-40;1-2(3)4/h20-22,24-33,37-38H,9-19,23,34-36,39H2,1-8H3;1H3. The summed E-state index contributed by atoms with van der Waals surface area (Å²) in [4.78, 5) is 37.1. The molecule has 0 aliphatic carbocycles. The Balaban J connectivity index is 0.00000303. The fraction of sp³-hybridized carbons (Fsp3) is 0.509. The Kier molecular flexibility index (Phi) is 25.3. The molecular weight excluding hydrogens is 877 g/mol. The molecule has 0 aromatic heterocycles. The van der Waals surface area contributed by atoms with E-state index in [1.54, 1.807) is 38.5 Å². The van der Waals surface area contributed by atoms with Crippen molar-refractivity contribution in [2.75, 3.05) is 52.5 Å². The Bertz CT molecular complexity index is 2230. The summed E-state index contributed by atoms with van der Waals surface area (Å²) in [6.45, 7) is 13.7. The van der Waals surface area contributed by atoms with Crippen molar-refractivity contribution in [2.24, 2.45) is 41.5 Å². The van der Waals surface area contributed by atoms with Crippen LogP contribution in [-0.2, 0) is 19.1 Å². The zero-order valence-electron chi connectivity index (χ0n) is 42.3. The Morgan fingerprint density at radius 3 is 1.46 bits per heavy atom. The van der Waals surface area contributed by atoms with Gasteiger partial charge in [0, 0.05) is 29.3 Å². The molecule has 374 valence electrons. The number of nitro groups is 1. The average Bonchev–Trinajstić information content (AvgIpc) is 3.35. The number of anilines is 1. The second kappa shape index (κ2) is 30.7. The van der Waals surface area contributed by atoms with Gasteiger partial charge in [0.1, 0.15) is 29.5 Å². The highest BCUT2D eigenvalue weighted by Gasteiger charge is 2.43. The van der Waals surface area contributed by atoms with Crippen molar-refractivity contribution in [3.8, 4) is 11.5 Å². The van der Waals surface area contributed by atoms with Crippen LogP contribution in [0.1, 0.15) is 119 Å². The third kappa shape index (κ3) is 20.7. The first-order chi connectivity index (χ1) is 33.2. The molecule has 0 aliphatic heterocycles. The van der Waals surface area contributed by atoms with Crippen LogP contribution in [-0.4, -0.2) is 64.4 Å². The lowest BCUT2D eigenvalue weighted by Crippen LogP contribution is -2.39. The molecule has 1 unspecified atom stereocenters. The summed E-state index contributed by atoms with van der Waals surface area (Å²) in [7, 11) is 3.99. The van der Waals surface area contributed by atoms with E-state index in [0.29, 0.717) is 72.5 Å². The smallest absolute Gasteiger partial charge is 0.311 e. The predicted molar refractivity (Wildman–Crippen MR) is 273 cm³/mol. The molecule has 1 atom stereocenters. The SMILES string of the molecule is CCCCCCCCCCCCOC(=O)C(C)(CC)CC(C)(C)C(=O)OCCN(CC)c1ccc(N=Nc2cc(OC)c(N=Nc3ccc(N=Nc4ccccc4)cc3)cc2OC)cc1.C[N+](=O)[O-]. The monoisotopic (exact) mass is 951 g/mol. The molecule has 69 heavy (non-hydrogen) atoms. The number of carbonyl (C=O) groups is 2. The van der Waals surface area contributed by atoms with E-state index >= 15 is 0 Å². The number of ether oxygens (including phenoxy) is 4. The van der Waals surface area contributed by atoms with Gasteiger partial charge in [-0.05, 0) is 108 Å². The summed E-state index contributed by atoms with van der Waals surface area (Å²) in [5.41, 5.74) is 2.95. The Hall–Kier alpha value is -6.58. The van der Waals surface area contributed by atoms with E-state index in [2.05, 4.69) is 42.5 Å². The minimum atomic E-state index is -0.869. The quantitative estimate of drug-likeness (QED) is 0.0167. The Labute approximate surface area is 409 Å². The highest BCUT2D eigenvalue weighted by atomic mass is 16.6. The number of methoxy groups -OCH3 is 2. The second-order valence-electron chi connectivity index (χ2n) is 17.6. The molecule has 0 spiro atoms. The summed E-state index contributed by atoms with van der Waals surface area (Å²) >= 11 is 0. The molecule has 0 fully saturated rings. The minimum absolute atomic E-state index is 0.203. The molecule has 4 aromatic carbocycles. The predicted octanol–water partition coefficient (Wildman–Crippen LogP) is 15.5. The molecule has 0 N–H and O–H groups in total. The van der Waals surface area contributed by atoms with Crippen LogP contribution in [0, 0.1) is 20.9 Å². The van der Waals surface area contributed by atoms with Crippen molar-refractivity contribution in [2.45, 2.75) is 119 Å². The van der Waals surface area contributed by atoms with Gasteiger partial charge in [0.25, 0.3) is 0 Å². The zero-order valence-corrected chi connectivity index (χ0v) is 42.3. The number of esters is 2. The molecule has 0 saturated heterocycles. The highest BCUT2D eigenvalue weighted by molar-refractivity contribution is 5.80. The van der Waals surface area contributed by atoms with E-state index in [1.165, 1.54) is 51.4 Å². The first-order valence-corrected chi connectivity index (χ1v) is 24.1. The Morgan fingerprint density at radius 1 is 0.594 bits per heavy atom. The maximum atomic E-state index is 13.4. The van der Waals surface area contributed by atoms with Gasteiger partial charge in [0.15, 0.2) is 7.05 Å². The van der Waals surface area contributed by atoms with Crippen LogP contribution in [0.5, 0.6) is 11.5 Å².